The number of carbonyl (C=O) groups is 1. The number of sulfonamides is 1. The average Bonchev–Trinajstić information content (AvgIpc) is 3.13. The van der Waals surface area contributed by atoms with E-state index >= 15 is 0 Å². The zero-order chi connectivity index (χ0) is 21.9. The van der Waals surface area contributed by atoms with Gasteiger partial charge in [-0.15, -0.1) is 0 Å². The monoisotopic (exact) mass is 432 g/mol. The van der Waals surface area contributed by atoms with Crippen LogP contribution >= 0.6 is 0 Å². The molecule has 2 aromatic rings. The third kappa shape index (κ3) is 5.24. The third-order valence-corrected chi connectivity index (χ3v) is 6.28. The van der Waals surface area contributed by atoms with Gasteiger partial charge in [-0.3, -0.25) is 9.10 Å². The molecule has 30 heavy (non-hydrogen) atoms. The standard InChI is InChI=1S/C22H28N2O5S/c1-15-7-8-16(2)19(12-15)17(3)23-22(25)6-5-11-24(30(4,26)27)18-9-10-20-21(13-18)29-14-28-20/h7-10,12-13,17H,5-6,11,14H2,1-4H3,(H,23,25)/t17-/m1/s1. The second-order valence-corrected chi connectivity index (χ2v) is 9.53. The molecule has 1 N–H and O–H groups in total. The van der Waals surface area contributed by atoms with Gasteiger partial charge in [0.25, 0.3) is 0 Å². The van der Waals surface area contributed by atoms with Gasteiger partial charge in [0.1, 0.15) is 0 Å². The summed E-state index contributed by atoms with van der Waals surface area (Å²) in [6.45, 7) is 6.31. The highest BCUT2D eigenvalue weighted by atomic mass is 32.2. The fourth-order valence-corrected chi connectivity index (χ4v) is 4.49. The van der Waals surface area contributed by atoms with E-state index in [-0.39, 0.29) is 31.7 Å². The Balaban J connectivity index is 1.60. The van der Waals surface area contributed by atoms with Crippen LogP contribution in [0.3, 0.4) is 0 Å². The average molecular weight is 433 g/mol. The summed E-state index contributed by atoms with van der Waals surface area (Å²) in [6.07, 6.45) is 1.78. The zero-order valence-electron chi connectivity index (χ0n) is 17.8. The molecule has 0 fully saturated rings. The number of ether oxygens (including phenoxy) is 2. The van der Waals surface area contributed by atoms with E-state index in [9.17, 15) is 13.2 Å². The molecular formula is C22H28N2O5S. The van der Waals surface area contributed by atoms with Crippen LogP contribution in [0.25, 0.3) is 0 Å². The maximum atomic E-state index is 12.4. The van der Waals surface area contributed by atoms with Crippen LogP contribution in [0, 0.1) is 13.8 Å². The fraction of sp³-hybridized carbons (Fsp3) is 0.409. The van der Waals surface area contributed by atoms with Gasteiger partial charge in [0.15, 0.2) is 11.5 Å². The Kier molecular flexibility index (Phi) is 6.55. The van der Waals surface area contributed by atoms with E-state index in [4.69, 9.17) is 9.47 Å². The van der Waals surface area contributed by atoms with Gasteiger partial charge < -0.3 is 14.8 Å². The van der Waals surface area contributed by atoms with Crippen LogP contribution in [-0.4, -0.2) is 33.9 Å². The molecule has 1 atom stereocenters. The SMILES string of the molecule is Cc1ccc(C)c([C@@H](C)NC(=O)CCCN(c2ccc3c(c2)OCO3)S(C)(=O)=O)c1. The number of anilines is 1. The number of fused-ring (bicyclic) bond motifs is 1. The lowest BCUT2D eigenvalue weighted by molar-refractivity contribution is -0.121. The van der Waals surface area contributed by atoms with Gasteiger partial charge in [0.2, 0.25) is 22.7 Å². The van der Waals surface area contributed by atoms with Crippen LogP contribution < -0.4 is 19.1 Å². The summed E-state index contributed by atoms with van der Waals surface area (Å²) in [5.74, 6) is 0.996. The summed E-state index contributed by atoms with van der Waals surface area (Å²) in [5, 5.41) is 3.01. The van der Waals surface area contributed by atoms with Crippen molar-refractivity contribution in [2.24, 2.45) is 0 Å². The smallest absolute Gasteiger partial charge is 0.232 e. The number of hydrogen-bond acceptors (Lipinski definition) is 5. The lowest BCUT2D eigenvalue weighted by atomic mass is 10.00. The number of aryl methyl sites for hydroxylation is 2. The van der Waals surface area contributed by atoms with Gasteiger partial charge in [-0.1, -0.05) is 23.8 Å². The molecule has 7 nitrogen and oxygen atoms in total. The Hall–Kier alpha value is -2.74. The second kappa shape index (κ2) is 8.95. The molecule has 1 amide bonds. The van der Waals surface area contributed by atoms with Crippen LogP contribution in [0.2, 0.25) is 0 Å². The minimum Gasteiger partial charge on any atom is -0.454 e. The summed E-state index contributed by atoms with van der Waals surface area (Å²) < 4.78 is 36.5. The quantitative estimate of drug-likeness (QED) is 0.691. The lowest BCUT2D eigenvalue weighted by Crippen LogP contribution is -2.32. The van der Waals surface area contributed by atoms with E-state index in [1.54, 1.807) is 18.2 Å². The first-order valence-corrected chi connectivity index (χ1v) is 11.7. The maximum Gasteiger partial charge on any atom is 0.232 e. The van der Waals surface area contributed by atoms with Crippen molar-refractivity contribution >= 4 is 21.6 Å². The summed E-state index contributed by atoms with van der Waals surface area (Å²) in [5.41, 5.74) is 3.84. The normalized spacial score (nSPS) is 13.7. The fourth-order valence-electron chi connectivity index (χ4n) is 3.53. The molecule has 3 rings (SSSR count). The topological polar surface area (TPSA) is 84.9 Å². The second-order valence-electron chi connectivity index (χ2n) is 7.63. The van der Waals surface area contributed by atoms with Crippen LogP contribution in [0.15, 0.2) is 36.4 Å². The van der Waals surface area contributed by atoms with Crippen LogP contribution in [0.1, 0.15) is 42.5 Å². The molecule has 2 aromatic carbocycles. The molecule has 0 unspecified atom stereocenters. The third-order valence-electron chi connectivity index (χ3n) is 5.09. The Morgan fingerprint density at radius 2 is 1.87 bits per heavy atom. The van der Waals surface area contributed by atoms with Gasteiger partial charge in [-0.25, -0.2) is 8.42 Å². The van der Waals surface area contributed by atoms with Gasteiger partial charge in [-0.05, 0) is 50.5 Å². The summed E-state index contributed by atoms with van der Waals surface area (Å²) >= 11 is 0. The summed E-state index contributed by atoms with van der Waals surface area (Å²) in [6, 6.07) is 11.1. The van der Waals surface area contributed by atoms with E-state index in [0.29, 0.717) is 23.6 Å². The molecule has 0 saturated heterocycles. The number of rotatable bonds is 8. The lowest BCUT2D eigenvalue weighted by Gasteiger charge is -2.23. The maximum absolute atomic E-state index is 12.4. The molecule has 1 heterocycles. The van der Waals surface area contributed by atoms with Crippen molar-refractivity contribution in [1.29, 1.82) is 0 Å². The van der Waals surface area contributed by atoms with Crippen molar-refractivity contribution in [3.63, 3.8) is 0 Å². The molecule has 0 bridgehead atoms. The predicted molar refractivity (Wildman–Crippen MR) is 116 cm³/mol. The molecule has 1 aliphatic rings. The molecule has 162 valence electrons. The first kappa shape index (κ1) is 22.0. The van der Waals surface area contributed by atoms with Gasteiger partial charge in [0, 0.05) is 19.0 Å². The van der Waals surface area contributed by atoms with Crippen molar-refractivity contribution in [3.8, 4) is 11.5 Å². The van der Waals surface area contributed by atoms with Crippen molar-refractivity contribution < 1.29 is 22.7 Å². The van der Waals surface area contributed by atoms with E-state index in [1.807, 2.05) is 32.9 Å². The van der Waals surface area contributed by atoms with Crippen molar-refractivity contribution in [2.75, 3.05) is 23.9 Å². The first-order chi connectivity index (χ1) is 14.1. The Labute approximate surface area is 178 Å². The van der Waals surface area contributed by atoms with Crippen LogP contribution in [-0.2, 0) is 14.8 Å². The van der Waals surface area contributed by atoms with Crippen LogP contribution in [0.4, 0.5) is 5.69 Å². The van der Waals surface area contributed by atoms with E-state index in [1.165, 1.54) is 4.31 Å². The number of amides is 1. The molecule has 0 spiro atoms. The van der Waals surface area contributed by atoms with Gasteiger partial charge in [0.05, 0.1) is 18.0 Å². The van der Waals surface area contributed by atoms with Crippen molar-refractivity contribution in [2.45, 2.75) is 39.7 Å². The van der Waals surface area contributed by atoms with Crippen LogP contribution in [0.5, 0.6) is 11.5 Å². The molecule has 1 aliphatic heterocycles. The first-order valence-electron chi connectivity index (χ1n) is 9.89. The van der Waals surface area contributed by atoms with Crippen molar-refractivity contribution in [1.82, 2.24) is 5.32 Å². The zero-order valence-corrected chi connectivity index (χ0v) is 18.6. The highest BCUT2D eigenvalue weighted by Gasteiger charge is 2.22. The van der Waals surface area contributed by atoms with E-state index < -0.39 is 10.0 Å². The summed E-state index contributed by atoms with van der Waals surface area (Å²) in [4.78, 5) is 12.4. The number of nitrogens with one attached hydrogen (secondary N) is 1. The predicted octanol–water partition coefficient (Wildman–Crippen LogP) is 3.46. The number of hydrogen-bond donors (Lipinski definition) is 1. The Bertz CT molecular complexity index is 1040. The molecule has 0 saturated carbocycles. The van der Waals surface area contributed by atoms with E-state index in [0.717, 1.165) is 22.9 Å². The molecule has 8 heteroatoms. The number of benzene rings is 2. The molecule has 0 radical (unpaired) electrons. The Morgan fingerprint density at radius 3 is 2.60 bits per heavy atom. The number of nitrogens with zero attached hydrogens (tertiary/aromatic N) is 1. The van der Waals surface area contributed by atoms with Gasteiger partial charge >= 0.3 is 0 Å². The van der Waals surface area contributed by atoms with Crippen molar-refractivity contribution in [3.05, 3.63) is 53.1 Å². The summed E-state index contributed by atoms with van der Waals surface area (Å²) in [7, 11) is -3.50. The highest BCUT2D eigenvalue weighted by Crippen LogP contribution is 2.36. The van der Waals surface area contributed by atoms with Gasteiger partial charge in [-0.2, -0.15) is 0 Å². The largest absolute Gasteiger partial charge is 0.454 e. The number of carbonyl (C=O) groups excluding carboxylic acids is 1. The highest BCUT2D eigenvalue weighted by molar-refractivity contribution is 7.92. The van der Waals surface area contributed by atoms with E-state index in [2.05, 4.69) is 11.4 Å². The molecular weight excluding hydrogens is 404 g/mol. The minimum atomic E-state index is -3.50. The Morgan fingerprint density at radius 1 is 1.13 bits per heavy atom. The molecule has 0 aliphatic carbocycles. The molecule has 0 aromatic heterocycles. The minimum absolute atomic E-state index is 0.109.